The van der Waals surface area contributed by atoms with E-state index < -0.39 is 0 Å². The van der Waals surface area contributed by atoms with Crippen LogP contribution in [-0.2, 0) is 0 Å². The predicted molar refractivity (Wildman–Crippen MR) is 92.1 cm³/mol. The maximum Gasteiger partial charge on any atom is 0.215 e. The Morgan fingerprint density at radius 1 is 0.826 bits per heavy atom. The van der Waals surface area contributed by atoms with Crippen molar-refractivity contribution >= 4 is 5.82 Å². The van der Waals surface area contributed by atoms with E-state index in [1.807, 2.05) is 42.5 Å². The number of ether oxygens (including phenoxy) is 1. The molecule has 3 N–H and O–H groups in total. The van der Waals surface area contributed by atoms with Gasteiger partial charge in [0.2, 0.25) is 5.88 Å². The highest BCUT2D eigenvalue weighted by Gasteiger charge is 2.06. The molecule has 0 fully saturated rings. The van der Waals surface area contributed by atoms with Gasteiger partial charge in [-0.25, -0.2) is 0 Å². The SMILES string of the molecule is Nc1cc(-c2cccc(-c3ccccc3)c2)cc(OCCO)n1. The standard InChI is InChI=1S/C19H18N2O2/c20-18-12-17(13-19(21-18)23-10-9-22)16-8-4-7-15(11-16)14-5-2-1-3-6-14/h1-8,11-13,22H,9-10H2,(H2,20,21). The van der Waals surface area contributed by atoms with Crippen LogP contribution in [0.1, 0.15) is 0 Å². The van der Waals surface area contributed by atoms with Crippen molar-refractivity contribution in [3.63, 3.8) is 0 Å². The first-order valence-electron chi connectivity index (χ1n) is 7.43. The highest BCUT2D eigenvalue weighted by Crippen LogP contribution is 2.29. The number of aromatic nitrogens is 1. The van der Waals surface area contributed by atoms with Gasteiger partial charge in [0.25, 0.3) is 0 Å². The van der Waals surface area contributed by atoms with Crippen LogP contribution in [0, 0.1) is 0 Å². The Kier molecular flexibility index (Phi) is 4.54. The number of benzene rings is 2. The van der Waals surface area contributed by atoms with Crippen molar-refractivity contribution in [2.45, 2.75) is 0 Å². The Hall–Kier alpha value is -2.85. The van der Waals surface area contributed by atoms with Gasteiger partial charge in [0.15, 0.2) is 0 Å². The third-order valence-electron chi connectivity index (χ3n) is 3.47. The maximum atomic E-state index is 8.86. The number of nitrogens with two attached hydrogens (primary N) is 1. The van der Waals surface area contributed by atoms with Gasteiger partial charge in [-0.2, -0.15) is 4.98 Å². The molecule has 4 heteroatoms. The number of nitrogens with zero attached hydrogens (tertiary/aromatic N) is 1. The number of nitrogen functional groups attached to an aromatic ring is 1. The molecule has 1 heterocycles. The zero-order chi connectivity index (χ0) is 16.1. The average Bonchev–Trinajstić information content (AvgIpc) is 2.60. The lowest BCUT2D eigenvalue weighted by atomic mass is 9.99. The molecule has 23 heavy (non-hydrogen) atoms. The number of aliphatic hydroxyl groups is 1. The van der Waals surface area contributed by atoms with E-state index in [1.165, 1.54) is 0 Å². The van der Waals surface area contributed by atoms with E-state index in [-0.39, 0.29) is 13.2 Å². The van der Waals surface area contributed by atoms with E-state index in [1.54, 1.807) is 0 Å². The number of hydrogen-bond acceptors (Lipinski definition) is 4. The van der Waals surface area contributed by atoms with Crippen molar-refractivity contribution in [1.82, 2.24) is 4.98 Å². The monoisotopic (exact) mass is 306 g/mol. The maximum absolute atomic E-state index is 8.86. The number of hydrogen-bond donors (Lipinski definition) is 2. The molecule has 2 aromatic carbocycles. The third kappa shape index (κ3) is 3.67. The Morgan fingerprint density at radius 3 is 2.26 bits per heavy atom. The molecule has 0 aliphatic carbocycles. The van der Waals surface area contributed by atoms with Crippen LogP contribution in [0.25, 0.3) is 22.3 Å². The lowest BCUT2D eigenvalue weighted by Crippen LogP contribution is -2.04. The quantitative estimate of drug-likeness (QED) is 0.758. The molecule has 0 saturated heterocycles. The zero-order valence-electron chi connectivity index (χ0n) is 12.6. The summed E-state index contributed by atoms with van der Waals surface area (Å²) in [6.07, 6.45) is 0. The number of aliphatic hydroxyl groups excluding tert-OH is 1. The van der Waals surface area contributed by atoms with Gasteiger partial charge in [0.05, 0.1) is 6.61 Å². The lowest BCUT2D eigenvalue weighted by Gasteiger charge is -2.09. The molecule has 0 radical (unpaired) electrons. The number of anilines is 1. The van der Waals surface area contributed by atoms with Gasteiger partial charge < -0.3 is 15.6 Å². The van der Waals surface area contributed by atoms with Gasteiger partial charge in [0, 0.05) is 6.07 Å². The molecular formula is C19H18N2O2. The minimum Gasteiger partial charge on any atom is -0.475 e. The summed E-state index contributed by atoms with van der Waals surface area (Å²) in [5.74, 6) is 0.805. The Balaban J connectivity index is 1.97. The van der Waals surface area contributed by atoms with Crippen molar-refractivity contribution in [3.8, 4) is 28.1 Å². The fourth-order valence-corrected chi connectivity index (χ4v) is 2.43. The highest BCUT2D eigenvalue weighted by molar-refractivity contribution is 5.74. The summed E-state index contributed by atoms with van der Waals surface area (Å²) >= 11 is 0. The molecule has 4 nitrogen and oxygen atoms in total. The molecule has 1 aromatic heterocycles. The summed E-state index contributed by atoms with van der Waals surface area (Å²) in [4.78, 5) is 4.12. The Labute approximate surface area is 135 Å². The van der Waals surface area contributed by atoms with Crippen molar-refractivity contribution in [2.75, 3.05) is 18.9 Å². The molecule has 0 saturated carbocycles. The van der Waals surface area contributed by atoms with Crippen LogP contribution in [0.5, 0.6) is 5.88 Å². The minimum atomic E-state index is -0.0602. The summed E-state index contributed by atoms with van der Waals surface area (Å²) in [5, 5.41) is 8.86. The topological polar surface area (TPSA) is 68.4 Å². The molecular weight excluding hydrogens is 288 g/mol. The lowest BCUT2D eigenvalue weighted by molar-refractivity contribution is 0.197. The summed E-state index contributed by atoms with van der Waals surface area (Å²) in [7, 11) is 0. The second-order valence-electron chi connectivity index (χ2n) is 5.14. The smallest absolute Gasteiger partial charge is 0.215 e. The first kappa shape index (κ1) is 15.1. The van der Waals surface area contributed by atoms with E-state index in [2.05, 4.69) is 29.2 Å². The van der Waals surface area contributed by atoms with Crippen LogP contribution in [0.4, 0.5) is 5.82 Å². The second-order valence-corrected chi connectivity index (χ2v) is 5.14. The molecule has 0 aliphatic heterocycles. The summed E-state index contributed by atoms with van der Waals surface area (Å²) < 4.78 is 5.37. The number of pyridine rings is 1. The van der Waals surface area contributed by atoms with Gasteiger partial charge in [-0.15, -0.1) is 0 Å². The van der Waals surface area contributed by atoms with Gasteiger partial charge in [0.1, 0.15) is 12.4 Å². The Bertz CT molecular complexity index is 788. The van der Waals surface area contributed by atoms with Gasteiger partial charge in [-0.05, 0) is 34.4 Å². The average molecular weight is 306 g/mol. The first-order chi connectivity index (χ1) is 11.3. The van der Waals surface area contributed by atoms with Crippen molar-refractivity contribution in [2.24, 2.45) is 0 Å². The van der Waals surface area contributed by atoms with E-state index >= 15 is 0 Å². The van der Waals surface area contributed by atoms with Gasteiger partial charge in [-0.1, -0.05) is 48.5 Å². The molecule has 0 atom stereocenters. The third-order valence-corrected chi connectivity index (χ3v) is 3.47. The van der Waals surface area contributed by atoms with Gasteiger partial charge >= 0.3 is 0 Å². The fourth-order valence-electron chi connectivity index (χ4n) is 2.43. The van der Waals surface area contributed by atoms with E-state index in [0.717, 1.165) is 22.3 Å². The normalized spacial score (nSPS) is 10.5. The van der Waals surface area contributed by atoms with E-state index in [0.29, 0.717) is 11.7 Å². The summed E-state index contributed by atoms with van der Waals surface area (Å²) in [6, 6.07) is 22.1. The minimum absolute atomic E-state index is 0.0602. The van der Waals surface area contributed by atoms with Crippen LogP contribution >= 0.6 is 0 Å². The second kappa shape index (κ2) is 6.94. The van der Waals surface area contributed by atoms with Crippen LogP contribution in [0.2, 0.25) is 0 Å². The number of rotatable bonds is 5. The molecule has 0 aliphatic rings. The molecule has 0 spiro atoms. The largest absolute Gasteiger partial charge is 0.475 e. The van der Waals surface area contributed by atoms with Crippen LogP contribution in [0.15, 0.2) is 66.7 Å². The van der Waals surface area contributed by atoms with Crippen LogP contribution in [-0.4, -0.2) is 23.3 Å². The van der Waals surface area contributed by atoms with E-state index in [9.17, 15) is 0 Å². The molecule has 116 valence electrons. The highest BCUT2D eigenvalue weighted by atomic mass is 16.5. The van der Waals surface area contributed by atoms with Gasteiger partial charge in [-0.3, -0.25) is 0 Å². The van der Waals surface area contributed by atoms with Crippen molar-refractivity contribution in [1.29, 1.82) is 0 Å². The predicted octanol–water partition coefficient (Wildman–Crippen LogP) is 3.37. The zero-order valence-corrected chi connectivity index (χ0v) is 12.6. The van der Waals surface area contributed by atoms with Crippen LogP contribution in [0.3, 0.4) is 0 Å². The first-order valence-corrected chi connectivity index (χ1v) is 7.43. The summed E-state index contributed by atoms with van der Waals surface area (Å²) in [5.41, 5.74) is 10.1. The van der Waals surface area contributed by atoms with Crippen molar-refractivity contribution < 1.29 is 9.84 Å². The molecule has 0 unspecified atom stereocenters. The molecule has 3 rings (SSSR count). The van der Waals surface area contributed by atoms with E-state index in [4.69, 9.17) is 15.6 Å². The summed E-state index contributed by atoms with van der Waals surface area (Å²) in [6.45, 7) is 0.134. The van der Waals surface area contributed by atoms with Crippen LogP contribution < -0.4 is 10.5 Å². The Morgan fingerprint density at radius 2 is 1.52 bits per heavy atom. The molecule has 0 bridgehead atoms. The fraction of sp³-hybridized carbons (Fsp3) is 0.105. The molecule has 3 aromatic rings. The molecule has 0 amide bonds. The van der Waals surface area contributed by atoms with Crippen molar-refractivity contribution in [3.05, 3.63) is 66.7 Å².